The molecule has 1 saturated heterocycles. The van der Waals surface area contributed by atoms with Gasteiger partial charge in [-0.25, -0.2) is 9.97 Å². The summed E-state index contributed by atoms with van der Waals surface area (Å²) < 4.78 is 1.07. The van der Waals surface area contributed by atoms with E-state index in [0.717, 1.165) is 46.3 Å². The fourth-order valence-corrected chi connectivity index (χ4v) is 4.84. The van der Waals surface area contributed by atoms with Crippen molar-refractivity contribution in [2.45, 2.75) is 19.8 Å². The number of rotatable bonds is 4. The number of nitrogens with one attached hydrogen (secondary N) is 1. The van der Waals surface area contributed by atoms with Gasteiger partial charge in [0.25, 0.3) is 5.91 Å². The molecule has 1 amide bonds. The average molecular weight is 373 g/mol. The number of amides is 1. The molecule has 4 rings (SSSR count). The summed E-state index contributed by atoms with van der Waals surface area (Å²) in [6, 6.07) is 5.73. The molecule has 0 bridgehead atoms. The Kier molecular flexibility index (Phi) is 4.67. The molecule has 5 nitrogen and oxygen atoms in total. The maximum absolute atomic E-state index is 12.5. The van der Waals surface area contributed by atoms with Crippen LogP contribution in [0.15, 0.2) is 29.8 Å². The van der Waals surface area contributed by atoms with Crippen molar-refractivity contribution in [2.75, 3.05) is 24.5 Å². The lowest BCUT2D eigenvalue weighted by Gasteiger charge is -2.32. The first-order chi connectivity index (χ1) is 12.2. The van der Waals surface area contributed by atoms with Crippen LogP contribution in [0.3, 0.4) is 0 Å². The summed E-state index contributed by atoms with van der Waals surface area (Å²) in [4.78, 5) is 23.7. The molecule has 1 N–H and O–H groups in total. The fourth-order valence-electron chi connectivity index (χ4n) is 3.30. The Hall–Kier alpha value is -1.99. The molecule has 1 fully saturated rings. The second-order valence-corrected chi connectivity index (χ2v) is 8.50. The third-order valence-electron chi connectivity index (χ3n) is 4.52. The van der Waals surface area contributed by atoms with Crippen LogP contribution in [0.1, 0.15) is 28.2 Å². The monoisotopic (exact) mass is 372 g/mol. The van der Waals surface area contributed by atoms with Gasteiger partial charge in [-0.05, 0) is 43.9 Å². The molecular formula is C18H20N4OS2. The van der Waals surface area contributed by atoms with Gasteiger partial charge in [-0.1, -0.05) is 0 Å². The number of thiazole rings is 2. The molecule has 3 heterocycles. The van der Waals surface area contributed by atoms with Crippen LogP contribution in [-0.2, 0) is 0 Å². The SMILES string of the molecule is Cc1nc2ccc(C(=O)NCC3CCCN(c4nccs4)C3)cc2s1. The summed E-state index contributed by atoms with van der Waals surface area (Å²) in [5, 5.41) is 7.23. The lowest BCUT2D eigenvalue weighted by atomic mass is 9.98. The van der Waals surface area contributed by atoms with Crippen LogP contribution >= 0.6 is 22.7 Å². The molecule has 0 radical (unpaired) electrons. The summed E-state index contributed by atoms with van der Waals surface area (Å²) in [7, 11) is 0. The van der Waals surface area contributed by atoms with E-state index in [4.69, 9.17) is 0 Å². The highest BCUT2D eigenvalue weighted by molar-refractivity contribution is 7.18. The predicted octanol–water partition coefficient (Wildman–Crippen LogP) is 3.71. The maximum atomic E-state index is 12.5. The maximum Gasteiger partial charge on any atom is 0.251 e. The highest BCUT2D eigenvalue weighted by atomic mass is 32.1. The second kappa shape index (κ2) is 7.09. The summed E-state index contributed by atoms with van der Waals surface area (Å²) >= 11 is 3.30. The third kappa shape index (κ3) is 3.67. The molecule has 130 valence electrons. The summed E-state index contributed by atoms with van der Waals surface area (Å²) in [6.07, 6.45) is 4.14. The Morgan fingerprint density at radius 3 is 3.20 bits per heavy atom. The van der Waals surface area contributed by atoms with Crippen LogP contribution in [0.4, 0.5) is 5.13 Å². The van der Waals surface area contributed by atoms with Gasteiger partial charge in [0.05, 0.1) is 15.2 Å². The van der Waals surface area contributed by atoms with Crippen molar-refractivity contribution < 1.29 is 4.79 Å². The minimum Gasteiger partial charge on any atom is -0.352 e. The van der Waals surface area contributed by atoms with Gasteiger partial charge in [0, 0.05) is 36.8 Å². The highest BCUT2D eigenvalue weighted by Gasteiger charge is 2.22. The molecule has 1 aliphatic rings. The minimum atomic E-state index is -0.000625. The Balaban J connectivity index is 1.37. The van der Waals surface area contributed by atoms with Gasteiger partial charge in [-0.3, -0.25) is 4.79 Å². The van der Waals surface area contributed by atoms with Gasteiger partial charge in [0.15, 0.2) is 5.13 Å². The minimum absolute atomic E-state index is 0.000625. The van der Waals surface area contributed by atoms with Gasteiger partial charge < -0.3 is 10.2 Å². The molecule has 1 unspecified atom stereocenters. The molecule has 25 heavy (non-hydrogen) atoms. The van der Waals surface area contributed by atoms with E-state index in [-0.39, 0.29) is 5.91 Å². The molecule has 2 aromatic heterocycles. The number of aryl methyl sites for hydroxylation is 1. The number of anilines is 1. The number of benzene rings is 1. The van der Waals surface area contributed by atoms with Crippen LogP contribution in [0.25, 0.3) is 10.2 Å². The average Bonchev–Trinajstić information content (AvgIpc) is 3.27. The number of fused-ring (bicyclic) bond motifs is 1. The number of carbonyl (C=O) groups excluding carboxylic acids is 1. The van der Waals surface area contributed by atoms with E-state index in [2.05, 4.69) is 20.2 Å². The van der Waals surface area contributed by atoms with E-state index < -0.39 is 0 Å². The van der Waals surface area contributed by atoms with Crippen molar-refractivity contribution in [1.29, 1.82) is 0 Å². The number of piperidine rings is 1. The standard InChI is InChI=1S/C18H20N4OS2/c1-12-21-15-5-4-14(9-16(15)25-12)17(23)20-10-13-3-2-7-22(11-13)18-19-6-8-24-18/h4-6,8-9,13H,2-3,7,10-11H2,1H3,(H,20,23). The number of carbonyl (C=O) groups is 1. The second-order valence-electron chi connectivity index (χ2n) is 6.39. The quantitative estimate of drug-likeness (QED) is 0.758. The van der Waals surface area contributed by atoms with Crippen molar-refractivity contribution in [1.82, 2.24) is 15.3 Å². The molecule has 7 heteroatoms. The number of hydrogen-bond acceptors (Lipinski definition) is 6. The summed E-state index contributed by atoms with van der Waals surface area (Å²) in [5.74, 6) is 0.468. The first kappa shape index (κ1) is 16.5. The van der Waals surface area contributed by atoms with E-state index in [0.29, 0.717) is 18.0 Å². The summed E-state index contributed by atoms with van der Waals surface area (Å²) in [5.41, 5.74) is 1.68. The number of hydrogen-bond donors (Lipinski definition) is 1. The van der Waals surface area contributed by atoms with Crippen LogP contribution in [0.5, 0.6) is 0 Å². The summed E-state index contributed by atoms with van der Waals surface area (Å²) in [6.45, 7) is 4.71. The molecule has 1 atom stereocenters. The molecule has 1 aromatic carbocycles. The molecule has 0 spiro atoms. The van der Waals surface area contributed by atoms with Crippen LogP contribution in [-0.4, -0.2) is 35.5 Å². The normalized spacial score (nSPS) is 17.8. The van der Waals surface area contributed by atoms with E-state index in [1.807, 2.05) is 36.7 Å². The zero-order chi connectivity index (χ0) is 17.2. The Labute approximate surface area is 154 Å². The lowest BCUT2D eigenvalue weighted by molar-refractivity contribution is 0.0946. The van der Waals surface area contributed by atoms with Gasteiger partial charge in [-0.2, -0.15) is 0 Å². The number of aromatic nitrogens is 2. The number of nitrogens with zero attached hydrogens (tertiary/aromatic N) is 3. The van der Waals surface area contributed by atoms with Gasteiger partial charge in [0.1, 0.15) is 0 Å². The van der Waals surface area contributed by atoms with Crippen LogP contribution in [0, 0.1) is 12.8 Å². The third-order valence-corrected chi connectivity index (χ3v) is 6.28. The van der Waals surface area contributed by atoms with Crippen molar-refractivity contribution in [3.8, 4) is 0 Å². The smallest absolute Gasteiger partial charge is 0.251 e. The zero-order valence-corrected chi connectivity index (χ0v) is 15.7. The van der Waals surface area contributed by atoms with Gasteiger partial charge >= 0.3 is 0 Å². The van der Waals surface area contributed by atoms with E-state index >= 15 is 0 Å². The Morgan fingerprint density at radius 1 is 1.44 bits per heavy atom. The fraction of sp³-hybridized carbons (Fsp3) is 0.389. The van der Waals surface area contributed by atoms with Crippen molar-refractivity contribution in [2.24, 2.45) is 5.92 Å². The van der Waals surface area contributed by atoms with E-state index in [1.165, 1.54) is 0 Å². The highest BCUT2D eigenvalue weighted by Crippen LogP contribution is 2.25. The lowest BCUT2D eigenvalue weighted by Crippen LogP contribution is -2.41. The van der Waals surface area contributed by atoms with Crippen LogP contribution in [0.2, 0.25) is 0 Å². The van der Waals surface area contributed by atoms with Crippen molar-refractivity contribution in [3.63, 3.8) is 0 Å². The van der Waals surface area contributed by atoms with Crippen molar-refractivity contribution in [3.05, 3.63) is 40.3 Å². The van der Waals surface area contributed by atoms with E-state index in [1.54, 1.807) is 22.7 Å². The molecule has 0 aliphatic carbocycles. The topological polar surface area (TPSA) is 58.1 Å². The molecule has 3 aromatic rings. The zero-order valence-electron chi connectivity index (χ0n) is 14.1. The molecule has 0 saturated carbocycles. The first-order valence-corrected chi connectivity index (χ1v) is 10.2. The molecular weight excluding hydrogens is 352 g/mol. The molecule has 1 aliphatic heterocycles. The predicted molar refractivity (Wildman–Crippen MR) is 104 cm³/mol. The van der Waals surface area contributed by atoms with Gasteiger partial charge in [-0.15, -0.1) is 22.7 Å². The van der Waals surface area contributed by atoms with Crippen molar-refractivity contribution >= 4 is 43.9 Å². The van der Waals surface area contributed by atoms with Crippen LogP contribution < -0.4 is 10.2 Å². The Morgan fingerprint density at radius 2 is 2.36 bits per heavy atom. The largest absolute Gasteiger partial charge is 0.352 e. The van der Waals surface area contributed by atoms with Gasteiger partial charge in [0.2, 0.25) is 0 Å². The Bertz CT molecular complexity index is 874. The first-order valence-electron chi connectivity index (χ1n) is 8.49. The van der Waals surface area contributed by atoms with E-state index in [9.17, 15) is 4.79 Å².